The first-order chi connectivity index (χ1) is 4.70. The van der Waals surface area contributed by atoms with E-state index < -0.39 is 5.97 Å². The maximum Gasteiger partial charge on any atom is 0.303 e. The van der Waals surface area contributed by atoms with Gasteiger partial charge < -0.3 is 5.11 Å². The van der Waals surface area contributed by atoms with Crippen molar-refractivity contribution in [3.8, 4) is 6.07 Å². The second-order valence-corrected chi connectivity index (χ2v) is 2.15. The van der Waals surface area contributed by atoms with Gasteiger partial charge in [0.2, 0.25) is 0 Å². The summed E-state index contributed by atoms with van der Waals surface area (Å²) in [7, 11) is 0. The molecule has 0 aromatic heterocycles. The van der Waals surface area contributed by atoms with Crippen molar-refractivity contribution in [2.45, 2.75) is 26.2 Å². The summed E-state index contributed by atoms with van der Waals surface area (Å²) in [6.07, 6.45) is 2.52. The van der Waals surface area contributed by atoms with Crippen LogP contribution in [0, 0.1) is 17.2 Å². The second kappa shape index (κ2) is 4.80. The van der Waals surface area contributed by atoms with Crippen LogP contribution in [0.25, 0.3) is 0 Å². The van der Waals surface area contributed by atoms with Crippen molar-refractivity contribution in [1.82, 2.24) is 0 Å². The molecule has 1 N–H and O–H groups in total. The van der Waals surface area contributed by atoms with Crippen LogP contribution in [-0.2, 0) is 4.79 Å². The fourth-order valence-corrected chi connectivity index (χ4v) is 0.212. The lowest BCUT2D eigenvalue weighted by atomic mass is 10.5. The molecule has 1 aliphatic carbocycles. The molecule has 3 heteroatoms. The van der Waals surface area contributed by atoms with Crippen LogP contribution < -0.4 is 0 Å². The molecule has 0 heterocycles. The number of nitrogens with zero attached hydrogens (tertiary/aromatic N) is 1. The van der Waals surface area contributed by atoms with Crippen LogP contribution >= 0.6 is 0 Å². The zero-order valence-corrected chi connectivity index (χ0v) is 6.00. The SMILES string of the molecule is CCC(=O)O.N#CC1CC1. The molecule has 0 spiro atoms. The van der Waals surface area contributed by atoms with Crippen LogP contribution in [0.3, 0.4) is 0 Å². The van der Waals surface area contributed by atoms with Crippen LogP contribution in [0.5, 0.6) is 0 Å². The first kappa shape index (κ1) is 8.96. The zero-order chi connectivity index (χ0) is 7.98. The Morgan fingerprint density at radius 1 is 1.80 bits per heavy atom. The number of rotatable bonds is 1. The van der Waals surface area contributed by atoms with E-state index in [4.69, 9.17) is 10.4 Å². The molecule has 56 valence electrons. The predicted molar refractivity (Wildman–Crippen MR) is 36.3 cm³/mol. The summed E-state index contributed by atoms with van der Waals surface area (Å²) in [5, 5.41) is 15.7. The van der Waals surface area contributed by atoms with Gasteiger partial charge in [-0.15, -0.1) is 0 Å². The van der Waals surface area contributed by atoms with E-state index in [1.165, 1.54) is 0 Å². The Balaban J connectivity index is 0.000000162. The van der Waals surface area contributed by atoms with Gasteiger partial charge in [-0.1, -0.05) is 6.92 Å². The number of nitriles is 1. The van der Waals surface area contributed by atoms with Crippen LogP contribution in [0.15, 0.2) is 0 Å². The zero-order valence-electron chi connectivity index (χ0n) is 6.00. The molecular formula is C7H11NO2. The Labute approximate surface area is 60.3 Å². The molecule has 3 nitrogen and oxygen atoms in total. The number of carboxylic acid groups (broad SMARTS) is 1. The Morgan fingerprint density at radius 2 is 2.20 bits per heavy atom. The van der Waals surface area contributed by atoms with E-state index in [0.29, 0.717) is 5.92 Å². The normalized spacial score (nSPS) is 14.4. The van der Waals surface area contributed by atoms with E-state index >= 15 is 0 Å². The molecule has 0 aromatic carbocycles. The summed E-state index contributed by atoms with van der Waals surface area (Å²) in [6.45, 7) is 1.60. The quantitative estimate of drug-likeness (QED) is 0.600. The highest BCUT2D eigenvalue weighted by atomic mass is 16.4. The Hall–Kier alpha value is -1.04. The smallest absolute Gasteiger partial charge is 0.303 e. The molecule has 0 amide bonds. The summed E-state index contributed by atoms with van der Waals surface area (Å²) in [5.74, 6) is -0.306. The van der Waals surface area contributed by atoms with Gasteiger partial charge in [-0.25, -0.2) is 0 Å². The highest BCUT2D eigenvalue weighted by Crippen LogP contribution is 2.26. The number of carboxylic acids is 1. The summed E-state index contributed by atoms with van der Waals surface area (Å²) < 4.78 is 0. The fourth-order valence-electron chi connectivity index (χ4n) is 0.212. The van der Waals surface area contributed by atoms with E-state index in [9.17, 15) is 4.79 Å². The van der Waals surface area contributed by atoms with Gasteiger partial charge in [0.15, 0.2) is 0 Å². The molecule has 1 aliphatic rings. The third kappa shape index (κ3) is 6.96. The van der Waals surface area contributed by atoms with Crippen LogP contribution in [-0.4, -0.2) is 11.1 Å². The Kier molecular flexibility index (Phi) is 4.30. The summed E-state index contributed by atoms with van der Waals surface area (Å²) in [4.78, 5) is 9.37. The predicted octanol–water partition coefficient (Wildman–Crippen LogP) is 1.40. The van der Waals surface area contributed by atoms with Crippen molar-refractivity contribution < 1.29 is 9.90 Å². The second-order valence-electron chi connectivity index (χ2n) is 2.15. The van der Waals surface area contributed by atoms with Gasteiger partial charge in [-0.3, -0.25) is 4.79 Å². The molecule has 0 radical (unpaired) electrons. The average Bonchev–Trinajstić information content (AvgIpc) is 2.70. The van der Waals surface area contributed by atoms with Crippen LogP contribution in [0.4, 0.5) is 0 Å². The van der Waals surface area contributed by atoms with Crippen molar-refractivity contribution in [1.29, 1.82) is 5.26 Å². The maximum atomic E-state index is 9.37. The summed E-state index contributed by atoms with van der Waals surface area (Å²) in [6, 6.07) is 2.14. The van der Waals surface area contributed by atoms with Gasteiger partial charge in [-0.05, 0) is 12.8 Å². The van der Waals surface area contributed by atoms with Crippen molar-refractivity contribution in [3.63, 3.8) is 0 Å². The van der Waals surface area contributed by atoms with Crippen molar-refractivity contribution in [2.75, 3.05) is 0 Å². The van der Waals surface area contributed by atoms with Crippen LogP contribution in [0.1, 0.15) is 26.2 Å². The Morgan fingerprint density at radius 3 is 2.20 bits per heavy atom. The van der Waals surface area contributed by atoms with E-state index in [0.717, 1.165) is 12.8 Å². The summed E-state index contributed by atoms with van der Waals surface area (Å²) >= 11 is 0. The fraction of sp³-hybridized carbons (Fsp3) is 0.714. The van der Waals surface area contributed by atoms with Crippen molar-refractivity contribution in [2.24, 2.45) is 5.92 Å². The molecule has 0 unspecified atom stereocenters. The third-order valence-corrected chi connectivity index (χ3v) is 1.06. The minimum absolute atomic E-state index is 0.222. The Bertz CT molecular complexity index is 144. The van der Waals surface area contributed by atoms with E-state index in [1.807, 2.05) is 0 Å². The maximum absolute atomic E-state index is 9.37. The molecule has 1 saturated carbocycles. The van der Waals surface area contributed by atoms with E-state index in [1.54, 1.807) is 6.92 Å². The molecule has 1 fully saturated rings. The lowest BCUT2D eigenvalue weighted by molar-refractivity contribution is -0.136. The minimum Gasteiger partial charge on any atom is -0.481 e. The van der Waals surface area contributed by atoms with Gasteiger partial charge in [0, 0.05) is 12.3 Å². The van der Waals surface area contributed by atoms with Gasteiger partial charge >= 0.3 is 5.97 Å². The van der Waals surface area contributed by atoms with Gasteiger partial charge in [-0.2, -0.15) is 5.26 Å². The molecule has 0 bridgehead atoms. The van der Waals surface area contributed by atoms with Crippen molar-refractivity contribution in [3.05, 3.63) is 0 Å². The lowest BCUT2D eigenvalue weighted by Gasteiger charge is -1.71. The number of hydrogen-bond acceptors (Lipinski definition) is 2. The van der Waals surface area contributed by atoms with E-state index in [-0.39, 0.29) is 6.42 Å². The number of aliphatic carboxylic acids is 1. The van der Waals surface area contributed by atoms with E-state index in [2.05, 4.69) is 6.07 Å². The molecule has 0 atom stereocenters. The standard InChI is InChI=1S/C4H5N.C3H6O2/c5-3-4-1-2-4;1-2-3(4)5/h4H,1-2H2;2H2,1H3,(H,4,5). The minimum atomic E-state index is -0.745. The third-order valence-electron chi connectivity index (χ3n) is 1.06. The molecule has 1 rings (SSSR count). The molecular weight excluding hydrogens is 130 g/mol. The highest BCUT2D eigenvalue weighted by Gasteiger charge is 2.19. The largest absolute Gasteiger partial charge is 0.481 e. The highest BCUT2D eigenvalue weighted by molar-refractivity contribution is 5.66. The van der Waals surface area contributed by atoms with Crippen molar-refractivity contribution >= 4 is 5.97 Å². The average molecular weight is 141 g/mol. The molecule has 0 aromatic rings. The summed E-state index contributed by atoms with van der Waals surface area (Å²) in [5.41, 5.74) is 0. The lowest BCUT2D eigenvalue weighted by Crippen LogP contribution is -1.86. The van der Waals surface area contributed by atoms with Gasteiger partial charge in [0.05, 0.1) is 6.07 Å². The van der Waals surface area contributed by atoms with Gasteiger partial charge in [0.1, 0.15) is 0 Å². The molecule has 10 heavy (non-hydrogen) atoms. The topological polar surface area (TPSA) is 61.1 Å². The first-order valence-electron chi connectivity index (χ1n) is 3.32. The van der Waals surface area contributed by atoms with Crippen LogP contribution in [0.2, 0.25) is 0 Å². The molecule has 0 aliphatic heterocycles. The van der Waals surface area contributed by atoms with Gasteiger partial charge in [0.25, 0.3) is 0 Å². The first-order valence-corrected chi connectivity index (χ1v) is 3.32. The monoisotopic (exact) mass is 141 g/mol. The number of hydrogen-bond donors (Lipinski definition) is 1. The molecule has 0 saturated heterocycles. The number of carbonyl (C=O) groups is 1.